The van der Waals surface area contributed by atoms with E-state index in [1.165, 1.54) is 6.07 Å². The molecule has 7 heteroatoms. The topological polar surface area (TPSA) is 81.8 Å². The van der Waals surface area contributed by atoms with Gasteiger partial charge in [0.2, 0.25) is 12.6 Å². The molecule has 0 fully saturated rings. The van der Waals surface area contributed by atoms with Crippen LogP contribution in [0, 0.1) is 0 Å². The third-order valence-corrected chi connectivity index (χ3v) is 3.64. The van der Waals surface area contributed by atoms with Crippen LogP contribution >= 0.6 is 15.9 Å². The summed E-state index contributed by atoms with van der Waals surface area (Å²) in [4.78, 5) is 10.9. The van der Waals surface area contributed by atoms with Crippen molar-refractivity contribution in [3.8, 4) is 22.8 Å². The van der Waals surface area contributed by atoms with Crippen LogP contribution < -0.4 is 9.47 Å². The maximum Gasteiger partial charge on any atom is 0.374 e. The number of carbonyl (C=O) groups is 1. The van der Waals surface area contributed by atoms with E-state index >= 15 is 0 Å². The van der Waals surface area contributed by atoms with Gasteiger partial charge in [-0.1, -0.05) is 12.1 Å². The Morgan fingerprint density at radius 1 is 1.40 bits per heavy atom. The van der Waals surface area contributed by atoms with Crippen LogP contribution in [0.3, 0.4) is 0 Å². The molecule has 1 aromatic heterocycles. The Labute approximate surface area is 122 Å². The lowest BCUT2D eigenvalue weighted by atomic mass is 10.0. The van der Waals surface area contributed by atoms with Crippen molar-refractivity contribution in [3.05, 3.63) is 27.9 Å². The number of fused-ring (bicyclic) bond motifs is 1. The minimum Gasteiger partial charge on any atom is -0.475 e. The summed E-state index contributed by atoms with van der Waals surface area (Å²) in [6.07, 6.45) is 0.698. The number of benzene rings is 1. The molecule has 1 aromatic carbocycles. The van der Waals surface area contributed by atoms with Crippen LogP contribution in [0.25, 0.3) is 11.3 Å². The first kappa shape index (κ1) is 13.0. The van der Waals surface area contributed by atoms with Crippen molar-refractivity contribution >= 4 is 21.9 Å². The lowest BCUT2D eigenvalue weighted by Gasteiger charge is -2.10. The first-order valence-electron chi connectivity index (χ1n) is 5.93. The maximum absolute atomic E-state index is 10.9. The van der Waals surface area contributed by atoms with E-state index in [0.29, 0.717) is 23.6 Å². The molecule has 0 saturated heterocycles. The standard InChI is InChI=1S/C13H10BrNO5/c1-2-6-7(9-4-10(13(16)17)20-15-9)3-8(14)12-11(6)18-5-19-12/h3-4H,2,5H2,1H3,(H,16,17). The fourth-order valence-electron chi connectivity index (χ4n) is 2.16. The molecule has 20 heavy (non-hydrogen) atoms. The lowest BCUT2D eigenvalue weighted by Crippen LogP contribution is -1.95. The van der Waals surface area contributed by atoms with Gasteiger partial charge in [0.1, 0.15) is 5.69 Å². The second-order valence-electron chi connectivity index (χ2n) is 4.18. The van der Waals surface area contributed by atoms with Crippen LogP contribution in [0.1, 0.15) is 23.0 Å². The van der Waals surface area contributed by atoms with Crippen molar-refractivity contribution in [2.45, 2.75) is 13.3 Å². The van der Waals surface area contributed by atoms with Crippen LogP contribution in [0.4, 0.5) is 0 Å². The number of aromatic nitrogens is 1. The predicted molar refractivity (Wildman–Crippen MR) is 72.1 cm³/mol. The number of rotatable bonds is 3. The molecule has 104 valence electrons. The van der Waals surface area contributed by atoms with E-state index in [4.69, 9.17) is 19.1 Å². The van der Waals surface area contributed by atoms with E-state index in [9.17, 15) is 4.79 Å². The van der Waals surface area contributed by atoms with E-state index in [0.717, 1.165) is 15.6 Å². The molecule has 1 N–H and O–H groups in total. The van der Waals surface area contributed by atoms with Gasteiger partial charge >= 0.3 is 5.97 Å². The summed E-state index contributed by atoms with van der Waals surface area (Å²) in [6, 6.07) is 3.22. The quantitative estimate of drug-likeness (QED) is 0.925. The lowest BCUT2D eigenvalue weighted by molar-refractivity contribution is 0.0652. The smallest absolute Gasteiger partial charge is 0.374 e. The number of ether oxygens (including phenoxy) is 2. The third kappa shape index (κ3) is 1.94. The van der Waals surface area contributed by atoms with Gasteiger partial charge in [0.05, 0.1) is 4.47 Å². The van der Waals surface area contributed by atoms with Crippen molar-refractivity contribution in [2.24, 2.45) is 0 Å². The van der Waals surface area contributed by atoms with Gasteiger partial charge in [-0.15, -0.1) is 0 Å². The van der Waals surface area contributed by atoms with E-state index in [-0.39, 0.29) is 12.6 Å². The summed E-state index contributed by atoms with van der Waals surface area (Å²) in [5.74, 6) is -0.0262. The Kier molecular flexibility index (Phi) is 3.13. The van der Waals surface area contributed by atoms with E-state index in [1.54, 1.807) is 0 Å². The van der Waals surface area contributed by atoms with Crippen molar-refractivity contribution < 1.29 is 23.9 Å². The molecule has 3 rings (SSSR count). The van der Waals surface area contributed by atoms with Gasteiger partial charge in [-0.05, 0) is 28.4 Å². The van der Waals surface area contributed by atoms with Gasteiger partial charge in [0, 0.05) is 17.2 Å². The zero-order chi connectivity index (χ0) is 14.3. The summed E-state index contributed by atoms with van der Waals surface area (Å²) in [5.41, 5.74) is 2.13. The molecule has 2 heterocycles. The minimum atomic E-state index is -1.15. The molecule has 0 saturated carbocycles. The normalized spacial score (nSPS) is 12.7. The molecular weight excluding hydrogens is 330 g/mol. The van der Waals surface area contributed by atoms with Crippen molar-refractivity contribution in [1.29, 1.82) is 0 Å². The van der Waals surface area contributed by atoms with Crippen LogP contribution in [-0.2, 0) is 6.42 Å². The zero-order valence-corrected chi connectivity index (χ0v) is 12.1. The largest absolute Gasteiger partial charge is 0.475 e. The summed E-state index contributed by atoms with van der Waals surface area (Å²) in [6.45, 7) is 2.15. The summed E-state index contributed by atoms with van der Waals surface area (Å²) in [5, 5.41) is 12.7. The molecular formula is C13H10BrNO5. The Bertz CT molecular complexity index is 694. The second kappa shape index (κ2) is 4.82. The van der Waals surface area contributed by atoms with Gasteiger partial charge in [-0.3, -0.25) is 0 Å². The summed E-state index contributed by atoms with van der Waals surface area (Å²) in [7, 11) is 0. The highest BCUT2D eigenvalue weighted by molar-refractivity contribution is 9.10. The molecule has 1 aliphatic heterocycles. The summed E-state index contributed by atoms with van der Waals surface area (Å²) < 4.78 is 16.4. The molecule has 0 amide bonds. The van der Waals surface area contributed by atoms with E-state index in [2.05, 4.69) is 21.1 Å². The van der Waals surface area contributed by atoms with Crippen LogP contribution in [0.15, 0.2) is 21.1 Å². The summed E-state index contributed by atoms with van der Waals surface area (Å²) >= 11 is 3.41. The number of carboxylic acids is 1. The van der Waals surface area contributed by atoms with Crippen molar-refractivity contribution in [2.75, 3.05) is 6.79 Å². The molecule has 0 spiro atoms. The highest BCUT2D eigenvalue weighted by atomic mass is 79.9. The molecule has 6 nitrogen and oxygen atoms in total. The maximum atomic E-state index is 10.9. The first-order valence-corrected chi connectivity index (χ1v) is 6.72. The van der Waals surface area contributed by atoms with Crippen molar-refractivity contribution in [1.82, 2.24) is 5.16 Å². The number of carboxylic acid groups (broad SMARTS) is 1. The number of aromatic carboxylic acids is 1. The van der Waals surface area contributed by atoms with E-state index < -0.39 is 5.97 Å². The van der Waals surface area contributed by atoms with Crippen molar-refractivity contribution in [3.63, 3.8) is 0 Å². The van der Waals surface area contributed by atoms with Gasteiger partial charge in [0.25, 0.3) is 0 Å². The second-order valence-corrected chi connectivity index (χ2v) is 5.04. The van der Waals surface area contributed by atoms with Gasteiger partial charge in [0.15, 0.2) is 11.5 Å². The zero-order valence-electron chi connectivity index (χ0n) is 10.5. The van der Waals surface area contributed by atoms with Gasteiger partial charge in [-0.25, -0.2) is 4.79 Å². The highest BCUT2D eigenvalue weighted by Gasteiger charge is 2.25. The van der Waals surface area contributed by atoms with Crippen LogP contribution in [0.5, 0.6) is 11.5 Å². The van der Waals surface area contributed by atoms with E-state index in [1.807, 2.05) is 13.0 Å². The van der Waals surface area contributed by atoms with Crippen LogP contribution in [0.2, 0.25) is 0 Å². The Balaban J connectivity index is 2.17. The molecule has 0 unspecified atom stereocenters. The SMILES string of the molecule is CCc1c(-c2cc(C(=O)O)on2)cc(Br)c2c1OCO2. The predicted octanol–water partition coefficient (Wildman–Crippen LogP) is 3.09. The third-order valence-electron chi connectivity index (χ3n) is 3.05. The molecule has 0 aliphatic carbocycles. The molecule has 0 atom stereocenters. The van der Waals surface area contributed by atoms with Gasteiger partial charge in [-0.2, -0.15) is 0 Å². The number of halogens is 1. The average Bonchev–Trinajstić information content (AvgIpc) is 3.07. The average molecular weight is 340 g/mol. The Hall–Kier alpha value is -2.02. The molecule has 2 aromatic rings. The molecule has 0 bridgehead atoms. The number of hydrogen-bond acceptors (Lipinski definition) is 5. The van der Waals surface area contributed by atoms with Gasteiger partial charge < -0.3 is 19.1 Å². The monoisotopic (exact) mass is 339 g/mol. The highest BCUT2D eigenvalue weighted by Crippen LogP contribution is 2.46. The molecule has 0 radical (unpaired) electrons. The number of nitrogens with zero attached hydrogens (tertiary/aromatic N) is 1. The Morgan fingerprint density at radius 3 is 2.80 bits per heavy atom. The van der Waals surface area contributed by atoms with Crippen LogP contribution in [-0.4, -0.2) is 23.0 Å². The fourth-order valence-corrected chi connectivity index (χ4v) is 2.69. The Morgan fingerprint density at radius 2 is 2.15 bits per heavy atom. The fraction of sp³-hybridized carbons (Fsp3) is 0.231. The molecule has 1 aliphatic rings. The minimum absolute atomic E-state index is 0.170. The number of hydrogen-bond donors (Lipinski definition) is 1. The first-order chi connectivity index (χ1) is 9.61.